The predicted molar refractivity (Wildman–Crippen MR) is 54.5 cm³/mol. The molecule has 0 fully saturated rings. The molecule has 0 aliphatic carbocycles. The normalized spacial score (nSPS) is 10.4. The fraction of sp³-hybridized carbons (Fsp3) is 0.111. The molecule has 2 rings (SSSR count). The van der Waals surface area contributed by atoms with Crippen LogP contribution in [0.4, 0.5) is 9.52 Å². The summed E-state index contributed by atoms with van der Waals surface area (Å²) in [6.45, 7) is 1.90. The molecule has 0 bridgehead atoms. The van der Waals surface area contributed by atoms with E-state index in [1.54, 1.807) is 12.1 Å². The van der Waals surface area contributed by atoms with Crippen molar-refractivity contribution in [3.05, 3.63) is 29.6 Å². The van der Waals surface area contributed by atoms with Crippen LogP contribution >= 0.6 is 11.3 Å². The van der Waals surface area contributed by atoms with E-state index in [4.69, 9.17) is 5.73 Å². The molecule has 1 heterocycles. The van der Waals surface area contributed by atoms with Gasteiger partial charge in [-0.1, -0.05) is 23.0 Å². The van der Waals surface area contributed by atoms with E-state index in [1.165, 1.54) is 17.4 Å². The Labute approximate surface area is 84.4 Å². The molecule has 2 N–H and O–H groups in total. The van der Waals surface area contributed by atoms with Gasteiger partial charge in [-0.05, 0) is 19.1 Å². The monoisotopic (exact) mass is 209 g/mol. The summed E-state index contributed by atoms with van der Waals surface area (Å²) in [5.74, 6) is -0.299. The largest absolute Gasteiger partial charge is 0.374 e. The van der Waals surface area contributed by atoms with Crippen molar-refractivity contribution in [3.8, 4) is 10.6 Å². The molecule has 0 saturated heterocycles. The maximum atomic E-state index is 13.4. The van der Waals surface area contributed by atoms with Crippen LogP contribution in [-0.4, -0.2) is 10.2 Å². The number of halogens is 1. The highest BCUT2D eigenvalue weighted by atomic mass is 32.1. The second-order valence-electron chi connectivity index (χ2n) is 2.93. The second kappa shape index (κ2) is 3.34. The number of nitrogens with two attached hydrogens (primary N) is 1. The van der Waals surface area contributed by atoms with Gasteiger partial charge in [0.2, 0.25) is 5.13 Å². The first-order valence-electron chi connectivity index (χ1n) is 4.02. The van der Waals surface area contributed by atoms with Gasteiger partial charge in [0.1, 0.15) is 5.82 Å². The van der Waals surface area contributed by atoms with E-state index in [0.29, 0.717) is 15.7 Å². The Morgan fingerprint density at radius 3 is 2.79 bits per heavy atom. The average molecular weight is 209 g/mol. The molecule has 3 nitrogen and oxygen atoms in total. The van der Waals surface area contributed by atoms with Crippen LogP contribution in [0.15, 0.2) is 18.2 Å². The molecule has 0 unspecified atom stereocenters. The fourth-order valence-corrected chi connectivity index (χ4v) is 1.77. The molecule has 0 spiro atoms. The summed E-state index contributed by atoms with van der Waals surface area (Å²) in [7, 11) is 0. The van der Waals surface area contributed by atoms with Gasteiger partial charge < -0.3 is 5.73 Å². The molecule has 0 radical (unpaired) electrons. The van der Waals surface area contributed by atoms with E-state index < -0.39 is 0 Å². The van der Waals surface area contributed by atoms with Crippen LogP contribution < -0.4 is 5.73 Å². The Morgan fingerprint density at radius 1 is 1.36 bits per heavy atom. The Hall–Kier alpha value is -1.49. The zero-order valence-corrected chi connectivity index (χ0v) is 8.31. The van der Waals surface area contributed by atoms with Gasteiger partial charge in [-0.2, -0.15) is 0 Å². The molecular formula is C9H8FN3S. The third kappa shape index (κ3) is 1.58. The van der Waals surface area contributed by atoms with Crippen molar-refractivity contribution in [1.82, 2.24) is 10.2 Å². The first-order valence-corrected chi connectivity index (χ1v) is 4.84. The molecule has 72 valence electrons. The van der Waals surface area contributed by atoms with Gasteiger partial charge in [0.05, 0.1) is 0 Å². The number of aryl methyl sites for hydroxylation is 1. The maximum absolute atomic E-state index is 13.4. The quantitative estimate of drug-likeness (QED) is 0.783. The van der Waals surface area contributed by atoms with Gasteiger partial charge in [-0.15, -0.1) is 10.2 Å². The lowest BCUT2D eigenvalue weighted by Crippen LogP contribution is -1.85. The van der Waals surface area contributed by atoms with Crippen LogP contribution in [0.2, 0.25) is 0 Å². The fourth-order valence-electron chi connectivity index (χ4n) is 1.15. The zero-order chi connectivity index (χ0) is 10.1. The van der Waals surface area contributed by atoms with Crippen molar-refractivity contribution in [3.63, 3.8) is 0 Å². The Morgan fingerprint density at radius 2 is 2.14 bits per heavy atom. The molecule has 0 aliphatic rings. The summed E-state index contributed by atoms with van der Waals surface area (Å²) in [6, 6.07) is 4.86. The summed E-state index contributed by atoms with van der Waals surface area (Å²) < 4.78 is 13.4. The lowest BCUT2D eigenvalue weighted by atomic mass is 10.1. The van der Waals surface area contributed by atoms with Crippen molar-refractivity contribution < 1.29 is 4.39 Å². The van der Waals surface area contributed by atoms with E-state index in [2.05, 4.69) is 10.2 Å². The highest BCUT2D eigenvalue weighted by Gasteiger charge is 2.09. The maximum Gasteiger partial charge on any atom is 0.203 e. The van der Waals surface area contributed by atoms with Gasteiger partial charge >= 0.3 is 0 Å². The van der Waals surface area contributed by atoms with Crippen LogP contribution in [0, 0.1) is 12.7 Å². The molecule has 14 heavy (non-hydrogen) atoms. The van der Waals surface area contributed by atoms with Crippen molar-refractivity contribution in [2.75, 3.05) is 5.73 Å². The van der Waals surface area contributed by atoms with Gasteiger partial charge in [0, 0.05) is 5.56 Å². The van der Waals surface area contributed by atoms with Gasteiger partial charge in [0.15, 0.2) is 5.01 Å². The van der Waals surface area contributed by atoms with E-state index in [9.17, 15) is 4.39 Å². The van der Waals surface area contributed by atoms with Crippen molar-refractivity contribution in [2.24, 2.45) is 0 Å². The van der Waals surface area contributed by atoms with Crippen LogP contribution in [0.25, 0.3) is 10.6 Å². The standard InChI is InChI=1S/C9H8FN3S/c1-5-2-3-7(10)6(4-5)8-12-13-9(11)14-8/h2-4H,1H3,(H2,11,13). The lowest BCUT2D eigenvalue weighted by molar-refractivity contribution is 0.630. The van der Waals surface area contributed by atoms with Crippen LogP contribution in [0.3, 0.4) is 0 Å². The first kappa shape index (κ1) is 9.08. The molecule has 0 saturated carbocycles. The van der Waals surface area contributed by atoms with Crippen molar-refractivity contribution >= 4 is 16.5 Å². The minimum absolute atomic E-state index is 0.299. The Balaban J connectivity index is 2.55. The summed E-state index contributed by atoms with van der Waals surface area (Å²) >= 11 is 1.18. The molecule has 0 aliphatic heterocycles. The third-order valence-electron chi connectivity index (χ3n) is 1.79. The molecule has 0 atom stereocenters. The Bertz CT molecular complexity index is 467. The smallest absolute Gasteiger partial charge is 0.203 e. The lowest BCUT2D eigenvalue weighted by Gasteiger charge is -1.98. The summed E-state index contributed by atoms with van der Waals surface area (Å²) in [5, 5.41) is 8.30. The minimum Gasteiger partial charge on any atom is -0.374 e. The van der Waals surface area contributed by atoms with E-state index in [0.717, 1.165) is 5.56 Å². The summed E-state index contributed by atoms with van der Waals surface area (Å²) in [5.41, 5.74) is 6.87. The number of nitrogens with zero attached hydrogens (tertiary/aromatic N) is 2. The van der Waals surface area contributed by atoms with E-state index >= 15 is 0 Å². The van der Waals surface area contributed by atoms with Gasteiger partial charge in [-0.3, -0.25) is 0 Å². The average Bonchev–Trinajstić information content (AvgIpc) is 2.56. The van der Waals surface area contributed by atoms with Crippen molar-refractivity contribution in [1.29, 1.82) is 0 Å². The number of benzene rings is 1. The van der Waals surface area contributed by atoms with E-state index in [-0.39, 0.29) is 5.82 Å². The molecular weight excluding hydrogens is 201 g/mol. The number of aromatic nitrogens is 2. The number of hydrogen-bond acceptors (Lipinski definition) is 4. The number of anilines is 1. The van der Waals surface area contributed by atoms with Gasteiger partial charge in [-0.25, -0.2) is 4.39 Å². The molecule has 5 heteroatoms. The predicted octanol–water partition coefficient (Wildman–Crippen LogP) is 2.23. The molecule has 1 aromatic heterocycles. The summed E-state index contributed by atoms with van der Waals surface area (Å²) in [6.07, 6.45) is 0. The number of hydrogen-bond donors (Lipinski definition) is 1. The topological polar surface area (TPSA) is 51.8 Å². The minimum atomic E-state index is -0.299. The highest BCUT2D eigenvalue weighted by molar-refractivity contribution is 7.18. The number of rotatable bonds is 1. The number of nitrogen functional groups attached to an aromatic ring is 1. The molecule has 0 amide bonds. The summed E-state index contributed by atoms with van der Waals surface area (Å²) in [4.78, 5) is 0. The Kier molecular flexibility index (Phi) is 2.17. The zero-order valence-electron chi connectivity index (χ0n) is 7.49. The molecule has 2 aromatic rings. The second-order valence-corrected chi connectivity index (χ2v) is 3.94. The van der Waals surface area contributed by atoms with E-state index in [1.807, 2.05) is 6.92 Å². The third-order valence-corrected chi connectivity index (χ3v) is 2.58. The van der Waals surface area contributed by atoms with Crippen LogP contribution in [-0.2, 0) is 0 Å². The van der Waals surface area contributed by atoms with Crippen LogP contribution in [0.5, 0.6) is 0 Å². The molecule has 1 aromatic carbocycles. The SMILES string of the molecule is Cc1ccc(F)c(-c2nnc(N)s2)c1. The van der Waals surface area contributed by atoms with Crippen LogP contribution in [0.1, 0.15) is 5.56 Å². The van der Waals surface area contributed by atoms with Crippen molar-refractivity contribution in [2.45, 2.75) is 6.92 Å². The van der Waals surface area contributed by atoms with Gasteiger partial charge in [0.25, 0.3) is 0 Å². The highest BCUT2D eigenvalue weighted by Crippen LogP contribution is 2.27. The first-order chi connectivity index (χ1) is 6.66.